The standard InChI is InChI=1S/C16H14F3N3O2/c1-9-11(7-8-12(21-9)16(17,18)19)15(24)22-13(14(20)23)10-5-3-2-4-6-10/h2-8,13H,1H3,(H2,20,23)(H,22,24). The fourth-order valence-corrected chi connectivity index (χ4v) is 2.13. The number of benzene rings is 1. The van der Waals surface area contributed by atoms with Crippen LogP contribution in [0.1, 0.15) is 33.4 Å². The first kappa shape index (κ1) is 17.5. The van der Waals surface area contributed by atoms with Gasteiger partial charge in [-0.05, 0) is 24.6 Å². The summed E-state index contributed by atoms with van der Waals surface area (Å²) in [5.74, 6) is -1.52. The van der Waals surface area contributed by atoms with Gasteiger partial charge in [-0.25, -0.2) is 4.98 Å². The van der Waals surface area contributed by atoms with Gasteiger partial charge in [-0.3, -0.25) is 9.59 Å². The predicted octanol–water partition coefficient (Wildman–Crippen LogP) is 2.37. The van der Waals surface area contributed by atoms with E-state index < -0.39 is 29.7 Å². The fraction of sp³-hybridized carbons (Fsp3) is 0.188. The number of carbonyl (C=O) groups excluding carboxylic acids is 2. The summed E-state index contributed by atoms with van der Waals surface area (Å²) in [5.41, 5.74) is 4.51. The lowest BCUT2D eigenvalue weighted by Crippen LogP contribution is -2.37. The van der Waals surface area contributed by atoms with Gasteiger partial charge in [0.05, 0.1) is 11.3 Å². The van der Waals surface area contributed by atoms with Crippen molar-refractivity contribution in [2.75, 3.05) is 0 Å². The highest BCUT2D eigenvalue weighted by Gasteiger charge is 2.33. The Kier molecular flexibility index (Phi) is 4.87. The lowest BCUT2D eigenvalue weighted by Gasteiger charge is -2.17. The number of hydrogen-bond donors (Lipinski definition) is 2. The number of pyridine rings is 1. The first-order valence-electron chi connectivity index (χ1n) is 6.90. The van der Waals surface area contributed by atoms with Crippen LogP contribution in [0.2, 0.25) is 0 Å². The molecule has 1 heterocycles. The van der Waals surface area contributed by atoms with E-state index in [1.54, 1.807) is 30.3 Å². The second-order valence-corrected chi connectivity index (χ2v) is 5.05. The molecule has 0 fully saturated rings. The van der Waals surface area contributed by atoms with Crippen molar-refractivity contribution in [1.82, 2.24) is 10.3 Å². The SMILES string of the molecule is Cc1nc(C(F)(F)F)ccc1C(=O)NC(C(N)=O)c1ccccc1. The number of primary amides is 1. The number of carbonyl (C=O) groups is 2. The molecule has 1 aromatic carbocycles. The Bertz CT molecular complexity index is 761. The van der Waals surface area contributed by atoms with Crippen molar-refractivity contribution in [2.24, 2.45) is 5.73 Å². The minimum Gasteiger partial charge on any atom is -0.368 e. The summed E-state index contributed by atoms with van der Waals surface area (Å²) in [5, 5.41) is 2.41. The number of rotatable bonds is 4. The molecule has 8 heteroatoms. The summed E-state index contributed by atoms with van der Waals surface area (Å²) in [6.07, 6.45) is -4.60. The van der Waals surface area contributed by atoms with Crippen LogP contribution in [0.15, 0.2) is 42.5 Å². The van der Waals surface area contributed by atoms with Gasteiger partial charge in [0.15, 0.2) is 0 Å². The van der Waals surface area contributed by atoms with Crippen molar-refractivity contribution in [2.45, 2.75) is 19.1 Å². The number of halogens is 3. The quantitative estimate of drug-likeness (QED) is 0.898. The molecule has 2 amide bonds. The largest absolute Gasteiger partial charge is 0.433 e. The van der Waals surface area contributed by atoms with Gasteiger partial charge in [-0.1, -0.05) is 30.3 Å². The Morgan fingerprint density at radius 3 is 2.25 bits per heavy atom. The molecule has 24 heavy (non-hydrogen) atoms. The molecule has 0 spiro atoms. The Hall–Kier alpha value is -2.90. The predicted molar refractivity (Wildman–Crippen MR) is 79.8 cm³/mol. The van der Waals surface area contributed by atoms with E-state index >= 15 is 0 Å². The van der Waals surface area contributed by atoms with Gasteiger partial charge in [0, 0.05) is 0 Å². The van der Waals surface area contributed by atoms with Crippen LogP contribution in [0.5, 0.6) is 0 Å². The number of nitrogens with one attached hydrogen (secondary N) is 1. The molecule has 0 saturated heterocycles. The van der Waals surface area contributed by atoms with E-state index in [4.69, 9.17) is 5.73 Å². The molecule has 0 saturated carbocycles. The number of aryl methyl sites for hydroxylation is 1. The van der Waals surface area contributed by atoms with Crippen molar-refractivity contribution < 1.29 is 22.8 Å². The monoisotopic (exact) mass is 337 g/mol. The van der Waals surface area contributed by atoms with E-state index in [2.05, 4.69) is 10.3 Å². The first-order chi connectivity index (χ1) is 11.2. The van der Waals surface area contributed by atoms with Gasteiger partial charge in [0.1, 0.15) is 11.7 Å². The molecule has 0 radical (unpaired) electrons. The molecule has 2 rings (SSSR count). The van der Waals surface area contributed by atoms with Crippen molar-refractivity contribution in [3.8, 4) is 0 Å². The maximum atomic E-state index is 12.6. The molecule has 0 bridgehead atoms. The summed E-state index contributed by atoms with van der Waals surface area (Å²) in [6, 6.07) is 8.91. The number of aromatic nitrogens is 1. The Balaban J connectivity index is 2.27. The van der Waals surface area contributed by atoms with Gasteiger partial charge in [-0.2, -0.15) is 13.2 Å². The summed E-state index contributed by atoms with van der Waals surface area (Å²) in [6.45, 7) is 1.28. The van der Waals surface area contributed by atoms with Crippen molar-refractivity contribution in [1.29, 1.82) is 0 Å². The molecule has 2 aromatic rings. The van der Waals surface area contributed by atoms with Gasteiger partial charge in [0.2, 0.25) is 5.91 Å². The van der Waals surface area contributed by atoms with Crippen LogP contribution in [0.25, 0.3) is 0 Å². The molecular formula is C16H14F3N3O2. The Morgan fingerprint density at radius 2 is 1.75 bits per heavy atom. The molecule has 0 aliphatic rings. The van der Waals surface area contributed by atoms with Crippen LogP contribution in [0.4, 0.5) is 13.2 Å². The minimum absolute atomic E-state index is 0.0646. The van der Waals surface area contributed by atoms with Crippen LogP contribution in [0.3, 0.4) is 0 Å². The van der Waals surface area contributed by atoms with E-state index in [0.29, 0.717) is 11.6 Å². The molecular weight excluding hydrogens is 323 g/mol. The Morgan fingerprint density at radius 1 is 1.12 bits per heavy atom. The maximum absolute atomic E-state index is 12.6. The average molecular weight is 337 g/mol. The molecule has 1 aromatic heterocycles. The van der Waals surface area contributed by atoms with Gasteiger partial charge in [0.25, 0.3) is 5.91 Å². The zero-order valence-electron chi connectivity index (χ0n) is 12.6. The molecule has 126 valence electrons. The summed E-state index contributed by atoms with van der Waals surface area (Å²) in [4.78, 5) is 27.2. The van der Waals surface area contributed by atoms with Crippen LogP contribution in [-0.2, 0) is 11.0 Å². The van der Waals surface area contributed by atoms with Crippen LogP contribution in [0, 0.1) is 6.92 Å². The molecule has 0 aliphatic heterocycles. The number of amides is 2. The maximum Gasteiger partial charge on any atom is 0.433 e. The van der Waals surface area contributed by atoms with Gasteiger partial charge in [-0.15, -0.1) is 0 Å². The zero-order chi connectivity index (χ0) is 17.9. The van der Waals surface area contributed by atoms with Gasteiger partial charge >= 0.3 is 6.18 Å². The van der Waals surface area contributed by atoms with Crippen molar-refractivity contribution >= 4 is 11.8 Å². The van der Waals surface area contributed by atoms with Crippen LogP contribution in [-0.4, -0.2) is 16.8 Å². The van der Waals surface area contributed by atoms with E-state index in [0.717, 1.165) is 6.07 Å². The molecule has 1 atom stereocenters. The topological polar surface area (TPSA) is 85.1 Å². The lowest BCUT2D eigenvalue weighted by molar-refractivity contribution is -0.141. The first-order valence-corrected chi connectivity index (χ1v) is 6.90. The van der Waals surface area contributed by atoms with E-state index in [-0.39, 0.29) is 11.3 Å². The van der Waals surface area contributed by atoms with Crippen LogP contribution >= 0.6 is 0 Å². The third-order valence-electron chi connectivity index (χ3n) is 3.31. The highest BCUT2D eigenvalue weighted by Crippen LogP contribution is 2.28. The van der Waals surface area contributed by atoms with E-state index in [1.807, 2.05) is 0 Å². The number of nitrogens with two attached hydrogens (primary N) is 1. The molecule has 5 nitrogen and oxygen atoms in total. The number of nitrogens with zero attached hydrogens (tertiary/aromatic N) is 1. The third kappa shape index (κ3) is 3.89. The summed E-state index contributed by atoms with van der Waals surface area (Å²) >= 11 is 0. The molecule has 3 N–H and O–H groups in total. The zero-order valence-corrected chi connectivity index (χ0v) is 12.6. The highest BCUT2D eigenvalue weighted by molar-refractivity contribution is 5.98. The molecule has 1 unspecified atom stereocenters. The van der Waals surface area contributed by atoms with E-state index in [9.17, 15) is 22.8 Å². The van der Waals surface area contributed by atoms with Crippen molar-refractivity contribution in [3.05, 3.63) is 65.0 Å². The second kappa shape index (κ2) is 6.69. The van der Waals surface area contributed by atoms with Gasteiger partial charge < -0.3 is 11.1 Å². The lowest BCUT2D eigenvalue weighted by atomic mass is 10.1. The van der Waals surface area contributed by atoms with E-state index in [1.165, 1.54) is 6.92 Å². The minimum atomic E-state index is -4.60. The number of alkyl halides is 3. The highest BCUT2D eigenvalue weighted by atomic mass is 19.4. The molecule has 0 aliphatic carbocycles. The third-order valence-corrected chi connectivity index (χ3v) is 3.31. The second-order valence-electron chi connectivity index (χ2n) is 5.05. The van der Waals surface area contributed by atoms with Crippen LogP contribution < -0.4 is 11.1 Å². The number of hydrogen-bond acceptors (Lipinski definition) is 3. The summed E-state index contributed by atoms with van der Waals surface area (Å²) in [7, 11) is 0. The smallest absolute Gasteiger partial charge is 0.368 e. The average Bonchev–Trinajstić information content (AvgIpc) is 2.52. The fourth-order valence-electron chi connectivity index (χ4n) is 2.13. The summed E-state index contributed by atoms with van der Waals surface area (Å²) < 4.78 is 37.8. The normalized spacial score (nSPS) is 12.5. The Labute approximate surface area is 135 Å². The van der Waals surface area contributed by atoms with Crippen molar-refractivity contribution in [3.63, 3.8) is 0 Å².